The standard InChI is InChI=1S/C20H26N2O2S/c23-18(12-14-5-6-15-3-1-2-4-16(15)11-14)17-7-8-21-19(17)20(24)22-9-10-25-13-22/h1-4,14,17,19,21H,5-13H2/t14?,17?,19-/m1/s1. The van der Waals surface area contributed by atoms with Gasteiger partial charge in [0.15, 0.2) is 0 Å². The average Bonchev–Trinajstić information content (AvgIpc) is 3.33. The number of rotatable bonds is 4. The molecule has 1 N–H and O–H groups in total. The van der Waals surface area contributed by atoms with Crippen molar-refractivity contribution < 1.29 is 9.59 Å². The lowest BCUT2D eigenvalue weighted by molar-refractivity contribution is -0.136. The molecule has 25 heavy (non-hydrogen) atoms. The van der Waals surface area contributed by atoms with Crippen LogP contribution in [-0.2, 0) is 22.4 Å². The Morgan fingerprint density at radius 1 is 1.20 bits per heavy atom. The summed E-state index contributed by atoms with van der Waals surface area (Å²) in [6.45, 7) is 1.60. The minimum atomic E-state index is -0.290. The monoisotopic (exact) mass is 358 g/mol. The van der Waals surface area contributed by atoms with Gasteiger partial charge >= 0.3 is 0 Å². The Balaban J connectivity index is 1.38. The summed E-state index contributed by atoms with van der Waals surface area (Å²) in [5.74, 6) is 2.52. The first-order valence-corrected chi connectivity index (χ1v) is 10.6. The van der Waals surface area contributed by atoms with E-state index in [0.717, 1.165) is 50.4 Å². The fourth-order valence-electron chi connectivity index (χ4n) is 4.48. The molecular formula is C20H26N2O2S. The molecule has 3 atom stereocenters. The van der Waals surface area contributed by atoms with Crippen LogP contribution >= 0.6 is 11.8 Å². The van der Waals surface area contributed by atoms with E-state index in [9.17, 15) is 9.59 Å². The number of hydrogen-bond donors (Lipinski definition) is 1. The Morgan fingerprint density at radius 2 is 2.04 bits per heavy atom. The van der Waals surface area contributed by atoms with Crippen LogP contribution in [0.4, 0.5) is 0 Å². The summed E-state index contributed by atoms with van der Waals surface area (Å²) >= 11 is 1.79. The number of nitrogens with zero attached hydrogens (tertiary/aromatic N) is 1. The van der Waals surface area contributed by atoms with Crippen molar-refractivity contribution in [2.45, 2.75) is 38.1 Å². The molecule has 2 aliphatic heterocycles. The highest BCUT2D eigenvalue weighted by atomic mass is 32.2. The second-order valence-electron chi connectivity index (χ2n) is 7.51. The van der Waals surface area contributed by atoms with Crippen molar-refractivity contribution in [2.24, 2.45) is 11.8 Å². The molecule has 134 valence electrons. The van der Waals surface area contributed by atoms with Crippen LogP contribution in [-0.4, -0.2) is 47.4 Å². The van der Waals surface area contributed by atoms with E-state index >= 15 is 0 Å². The zero-order valence-corrected chi connectivity index (χ0v) is 15.4. The topological polar surface area (TPSA) is 49.4 Å². The number of aryl methyl sites for hydroxylation is 1. The lowest BCUT2D eigenvalue weighted by atomic mass is 9.79. The number of thioether (sulfide) groups is 1. The number of hydrogen-bond acceptors (Lipinski definition) is 4. The summed E-state index contributed by atoms with van der Waals surface area (Å²) in [6, 6.07) is 8.30. The first-order valence-electron chi connectivity index (χ1n) is 9.42. The van der Waals surface area contributed by atoms with Crippen LogP contribution < -0.4 is 5.32 Å². The van der Waals surface area contributed by atoms with Crippen LogP contribution in [0.3, 0.4) is 0 Å². The van der Waals surface area contributed by atoms with Crippen molar-refractivity contribution in [3.63, 3.8) is 0 Å². The van der Waals surface area contributed by atoms with Gasteiger partial charge in [-0.15, -0.1) is 11.8 Å². The summed E-state index contributed by atoms with van der Waals surface area (Å²) < 4.78 is 0. The van der Waals surface area contributed by atoms with Gasteiger partial charge < -0.3 is 10.2 Å². The Kier molecular flexibility index (Phi) is 5.13. The van der Waals surface area contributed by atoms with E-state index in [0.29, 0.717) is 18.1 Å². The van der Waals surface area contributed by atoms with Crippen LogP contribution in [0.25, 0.3) is 0 Å². The number of ketones is 1. The minimum Gasteiger partial charge on any atom is -0.331 e. The van der Waals surface area contributed by atoms with Crippen LogP contribution in [0.5, 0.6) is 0 Å². The molecule has 1 aliphatic carbocycles. The van der Waals surface area contributed by atoms with Gasteiger partial charge in [-0.3, -0.25) is 9.59 Å². The van der Waals surface area contributed by atoms with Gasteiger partial charge in [0.05, 0.1) is 11.9 Å². The second-order valence-corrected chi connectivity index (χ2v) is 8.59. The maximum atomic E-state index is 12.9. The van der Waals surface area contributed by atoms with E-state index in [1.807, 2.05) is 4.90 Å². The van der Waals surface area contributed by atoms with Crippen molar-refractivity contribution in [3.05, 3.63) is 35.4 Å². The highest BCUT2D eigenvalue weighted by Gasteiger charge is 2.40. The molecule has 5 heteroatoms. The first kappa shape index (κ1) is 17.1. The average molecular weight is 359 g/mol. The lowest BCUT2D eigenvalue weighted by Crippen LogP contribution is -2.47. The summed E-state index contributed by atoms with van der Waals surface area (Å²) in [7, 11) is 0. The largest absolute Gasteiger partial charge is 0.331 e. The summed E-state index contributed by atoms with van der Waals surface area (Å²) in [5.41, 5.74) is 2.84. The van der Waals surface area contributed by atoms with Gasteiger partial charge in [0.1, 0.15) is 5.78 Å². The van der Waals surface area contributed by atoms with Crippen LogP contribution in [0.15, 0.2) is 24.3 Å². The molecule has 2 fully saturated rings. The van der Waals surface area contributed by atoms with E-state index in [1.54, 1.807) is 11.8 Å². The number of fused-ring (bicyclic) bond motifs is 1. The Hall–Kier alpha value is -1.33. The van der Waals surface area contributed by atoms with E-state index in [4.69, 9.17) is 0 Å². The molecule has 0 saturated carbocycles. The third kappa shape index (κ3) is 3.63. The maximum absolute atomic E-state index is 12.9. The van der Waals surface area contributed by atoms with Gasteiger partial charge in [0.25, 0.3) is 0 Å². The lowest BCUT2D eigenvalue weighted by Gasteiger charge is -2.27. The van der Waals surface area contributed by atoms with Gasteiger partial charge in [-0.05, 0) is 49.3 Å². The molecule has 0 spiro atoms. The van der Waals surface area contributed by atoms with Crippen molar-refractivity contribution in [2.75, 3.05) is 24.7 Å². The quantitative estimate of drug-likeness (QED) is 0.897. The fourth-order valence-corrected chi connectivity index (χ4v) is 5.43. The van der Waals surface area contributed by atoms with Gasteiger partial charge in [-0.2, -0.15) is 0 Å². The molecule has 1 aromatic rings. The fraction of sp³-hybridized carbons (Fsp3) is 0.600. The third-order valence-electron chi connectivity index (χ3n) is 5.90. The summed E-state index contributed by atoms with van der Waals surface area (Å²) in [5, 5.41) is 3.30. The minimum absolute atomic E-state index is 0.129. The van der Waals surface area contributed by atoms with Gasteiger partial charge in [0, 0.05) is 24.6 Å². The number of carbonyl (C=O) groups excluding carboxylic acids is 2. The van der Waals surface area contributed by atoms with E-state index in [1.165, 1.54) is 11.1 Å². The van der Waals surface area contributed by atoms with Gasteiger partial charge in [-0.25, -0.2) is 0 Å². The number of carbonyl (C=O) groups is 2. The van der Waals surface area contributed by atoms with Crippen molar-refractivity contribution in [3.8, 4) is 0 Å². The highest BCUT2D eigenvalue weighted by molar-refractivity contribution is 7.99. The SMILES string of the molecule is O=C(CC1CCc2ccccc2C1)C1CCN[C@H]1C(=O)N1CCSC1. The number of Topliss-reactive ketones (excluding diaryl/α,β-unsaturated/α-hetero) is 1. The molecule has 4 rings (SSSR count). The van der Waals surface area contributed by atoms with Crippen molar-refractivity contribution >= 4 is 23.5 Å². The van der Waals surface area contributed by atoms with Crippen molar-refractivity contribution in [1.29, 1.82) is 0 Å². The normalized spacial score (nSPS) is 28.8. The first-order chi connectivity index (χ1) is 12.2. The molecule has 0 bridgehead atoms. The maximum Gasteiger partial charge on any atom is 0.241 e. The Labute approximate surface area is 153 Å². The molecule has 2 saturated heterocycles. The van der Waals surface area contributed by atoms with Crippen molar-refractivity contribution in [1.82, 2.24) is 10.2 Å². The molecule has 0 aromatic heterocycles. The van der Waals surface area contributed by atoms with E-state index < -0.39 is 0 Å². The van der Waals surface area contributed by atoms with Gasteiger partial charge in [-0.1, -0.05) is 24.3 Å². The zero-order chi connectivity index (χ0) is 17.2. The predicted molar refractivity (Wildman–Crippen MR) is 101 cm³/mol. The third-order valence-corrected chi connectivity index (χ3v) is 6.87. The molecule has 0 radical (unpaired) electrons. The van der Waals surface area contributed by atoms with Crippen LogP contribution in [0, 0.1) is 11.8 Å². The van der Waals surface area contributed by atoms with Crippen LogP contribution in [0.1, 0.15) is 30.4 Å². The highest BCUT2D eigenvalue weighted by Crippen LogP contribution is 2.30. The number of benzene rings is 1. The van der Waals surface area contributed by atoms with Crippen LogP contribution in [0.2, 0.25) is 0 Å². The second kappa shape index (κ2) is 7.50. The summed E-state index contributed by atoms with van der Waals surface area (Å²) in [6.07, 6.45) is 4.59. The Bertz CT molecular complexity index is 657. The zero-order valence-electron chi connectivity index (χ0n) is 14.6. The van der Waals surface area contributed by atoms with E-state index in [2.05, 4.69) is 29.6 Å². The molecule has 3 aliphatic rings. The molecular weight excluding hydrogens is 332 g/mol. The Morgan fingerprint density at radius 3 is 2.84 bits per heavy atom. The molecule has 4 nitrogen and oxygen atoms in total. The molecule has 1 amide bonds. The number of nitrogens with one attached hydrogen (secondary N) is 1. The smallest absolute Gasteiger partial charge is 0.241 e. The number of amides is 1. The molecule has 1 aromatic carbocycles. The molecule has 2 unspecified atom stereocenters. The van der Waals surface area contributed by atoms with Gasteiger partial charge in [0.2, 0.25) is 5.91 Å². The summed E-state index contributed by atoms with van der Waals surface area (Å²) in [4.78, 5) is 27.6. The molecule has 2 heterocycles. The van der Waals surface area contributed by atoms with E-state index in [-0.39, 0.29) is 17.9 Å². The predicted octanol–water partition coefficient (Wildman–Crippen LogP) is 2.26.